The molecule has 3 aromatic rings. The van der Waals surface area contributed by atoms with E-state index in [-0.39, 0.29) is 22.4 Å². The summed E-state index contributed by atoms with van der Waals surface area (Å²) in [7, 11) is -3.57. The van der Waals surface area contributed by atoms with Gasteiger partial charge in [-0.1, -0.05) is 12.5 Å². The van der Waals surface area contributed by atoms with Crippen molar-refractivity contribution in [2.75, 3.05) is 11.9 Å². The number of nitrogens with one attached hydrogen (secondary N) is 2. The predicted octanol–water partition coefficient (Wildman–Crippen LogP) is 4.21. The molecule has 174 valence electrons. The lowest BCUT2D eigenvalue weighted by Crippen LogP contribution is -2.41. The van der Waals surface area contributed by atoms with Crippen molar-refractivity contribution in [3.63, 3.8) is 0 Å². The molecule has 1 saturated heterocycles. The van der Waals surface area contributed by atoms with E-state index >= 15 is 0 Å². The molecular formula is C24H28N4O4S. The minimum absolute atomic E-state index is 0.0190. The summed E-state index contributed by atoms with van der Waals surface area (Å²) in [5.41, 5.74) is 3.41. The lowest BCUT2D eigenvalue weighted by molar-refractivity contribution is 0.102. The van der Waals surface area contributed by atoms with Crippen LogP contribution in [0.4, 0.5) is 5.69 Å². The third-order valence-corrected chi connectivity index (χ3v) is 8.29. The van der Waals surface area contributed by atoms with Gasteiger partial charge < -0.3 is 10.4 Å². The summed E-state index contributed by atoms with van der Waals surface area (Å²) in [5, 5.41) is 20.0. The topological polar surface area (TPSA) is 115 Å². The zero-order chi connectivity index (χ0) is 23.8. The van der Waals surface area contributed by atoms with Crippen molar-refractivity contribution in [2.45, 2.75) is 51.0 Å². The average Bonchev–Trinajstić information content (AvgIpc) is 3.28. The number of amides is 1. The fourth-order valence-electron chi connectivity index (χ4n) is 4.06. The van der Waals surface area contributed by atoms with E-state index in [1.54, 1.807) is 28.6 Å². The van der Waals surface area contributed by atoms with E-state index < -0.39 is 15.9 Å². The molecule has 4 rings (SSSR count). The highest BCUT2D eigenvalue weighted by Crippen LogP contribution is 2.33. The summed E-state index contributed by atoms with van der Waals surface area (Å²) in [4.78, 5) is 12.9. The molecule has 0 bridgehead atoms. The van der Waals surface area contributed by atoms with Crippen molar-refractivity contribution in [1.29, 1.82) is 0 Å². The summed E-state index contributed by atoms with van der Waals surface area (Å²) in [6.45, 7) is 6.19. The first kappa shape index (κ1) is 23.0. The zero-order valence-electron chi connectivity index (χ0n) is 18.9. The van der Waals surface area contributed by atoms with Gasteiger partial charge in [-0.15, -0.1) is 0 Å². The largest absolute Gasteiger partial charge is 0.507 e. The molecule has 1 atom stereocenters. The summed E-state index contributed by atoms with van der Waals surface area (Å²) in [6, 6.07) is 11.4. The highest BCUT2D eigenvalue weighted by molar-refractivity contribution is 7.89. The molecule has 2 heterocycles. The molecule has 9 heteroatoms. The van der Waals surface area contributed by atoms with E-state index in [1.165, 1.54) is 12.1 Å². The fourth-order valence-corrected chi connectivity index (χ4v) is 5.76. The molecule has 8 nitrogen and oxygen atoms in total. The molecule has 0 saturated carbocycles. The quantitative estimate of drug-likeness (QED) is 0.519. The van der Waals surface area contributed by atoms with Gasteiger partial charge in [0.1, 0.15) is 11.4 Å². The van der Waals surface area contributed by atoms with E-state index in [9.17, 15) is 18.3 Å². The Labute approximate surface area is 193 Å². The Bertz CT molecular complexity index is 1280. The minimum Gasteiger partial charge on any atom is -0.507 e. The second-order valence-electron chi connectivity index (χ2n) is 8.51. The van der Waals surface area contributed by atoms with E-state index in [1.807, 2.05) is 26.8 Å². The normalized spacial score (nSPS) is 17.1. The highest BCUT2D eigenvalue weighted by Gasteiger charge is 2.30. The molecule has 33 heavy (non-hydrogen) atoms. The molecule has 1 aliphatic rings. The number of nitrogens with zero attached hydrogens (tertiary/aromatic N) is 2. The van der Waals surface area contributed by atoms with Crippen LogP contribution in [0.5, 0.6) is 5.75 Å². The van der Waals surface area contributed by atoms with Gasteiger partial charge in [0.15, 0.2) is 0 Å². The number of aromatic amines is 1. The maximum Gasteiger partial charge on any atom is 0.273 e. The summed E-state index contributed by atoms with van der Waals surface area (Å²) < 4.78 is 27.5. The third-order valence-electron chi connectivity index (χ3n) is 6.26. The van der Waals surface area contributed by atoms with Crippen LogP contribution < -0.4 is 5.32 Å². The van der Waals surface area contributed by atoms with Crippen LogP contribution in [0, 0.1) is 13.8 Å². The number of piperidine rings is 1. The first-order valence-corrected chi connectivity index (χ1v) is 12.4. The Balaban J connectivity index is 1.48. The van der Waals surface area contributed by atoms with Crippen LogP contribution in [0.25, 0.3) is 11.3 Å². The molecule has 0 unspecified atom stereocenters. The number of hydrogen-bond acceptors (Lipinski definition) is 5. The molecular weight excluding hydrogens is 440 g/mol. The van der Waals surface area contributed by atoms with Gasteiger partial charge in [-0.05, 0) is 81.1 Å². The van der Waals surface area contributed by atoms with Gasteiger partial charge in [-0.25, -0.2) is 8.42 Å². The van der Waals surface area contributed by atoms with Crippen LogP contribution in [-0.2, 0) is 10.0 Å². The highest BCUT2D eigenvalue weighted by atomic mass is 32.2. The van der Waals surface area contributed by atoms with Crippen molar-refractivity contribution >= 4 is 21.6 Å². The summed E-state index contributed by atoms with van der Waals surface area (Å²) in [6.07, 6.45) is 2.76. The molecule has 1 aromatic heterocycles. The van der Waals surface area contributed by atoms with Crippen LogP contribution in [0.1, 0.15) is 47.8 Å². The number of aromatic hydroxyl groups is 1. The maximum atomic E-state index is 13.0. The molecule has 0 spiro atoms. The number of anilines is 1. The van der Waals surface area contributed by atoms with Crippen LogP contribution in [0.3, 0.4) is 0 Å². The number of carbonyl (C=O) groups is 1. The van der Waals surface area contributed by atoms with Gasteiger partial charge >= 0.3 is 0 Å². The predicted molar refractivity (Wildman–Crippen MR) is 127 cm³/mol. The standard InChI is InChI=1S/C24H28N4O4S/c1-15-7-12-20(23(29)17(15)3)21-14-22(27-26-21)24(30)25-18-8-10-19(11-9-18)33(31,32)28-13-5-4-6-16(28)2/h7-12,14,16,29H,4-6,13H2,1-3H3,(H,25,30)(H,26,27)/t16-/m1/s1. The third kappa shape index (κ3) is 4.51. The first-order chi connectivity index (χ1) is 15.7. The van der Waals surface area contributed by atoms with E-state index in [4.69, 9.17) is 0 Å². The van der Waals surface area contributed by atoms with Crippen LogP contribution in [0.15, 0.2) is 47.4 Å². The van der Waals surface area contributed by atoms with Crippen LogP contribution >= 0.6 is 0 Å². The minimum atomic E-state index is -3.57. The SMILES string of the molecule is Cc1ccc(-c2cc(C(=O)Nc3ccc(S(=O)(=O)N4CCCC[C@H]4C)cc3)[nH]n2)c(O)c1C. The molecule has 1 aliphatic heterocycles. The second-order valence-corrected chi connectivity index (χ2v) is 10.4. The Hall–Kier alpha value is -3.17. The molecule has 3 N–H and O–H groups in total. The monoisotopic (exact) mass is 468 g/mol. The van der Waals surface area contributed by atoms with Gasteiger partial charge in [0.05, 0.1) is 10.6 Å². The van der Waals surface area contributed by atoms with Crippen LogP contribution in [0.2, 0.25) is 0 Å². The van der Waals surface area contributed by atoms with Gasteiger partial charge in [-0.2, -0.15) is 9.40 Å². The van der Waals surface area contributed by atoms with Crippen molar-refractivity contribution < 1.29 is 18.3 Å². The molecule has 1 fully saturated rings. The lowest BCUT2D eigenvalue weighted by atomic mass is 10.0. The lowest BCUT2D eigenvalue weighted by Gasteiger charge is -2.32. The number of phenolic OH excluding ortho intramolecular Hbond substituents is 1. The molecule has 0 radical (unpaired) electrons. The second kappa shape index (κ2) is 8.99. The Morgan fingerprint density at radius 1 is 1.15 bits per heavy atom. The number of H-pyrrole nitrogens is 1. The van der Waals surface area contributed by atoms with Gasteiger partial charge in [0.25, 0.3) is 5.91 Å². The van der Waals surface area contributed by atoms with Crippen molar-refractivity contribution in [3.05, 3.63) is 59.3 Å². The number of hydrogen-bond donors (Lipinski definition) is 3. The number of aryl methyl sites for hydroxylation is 1. The van der Waals surface area contributed by atoms with Crippen LogP contribution in [-0.4, -0.2) is 46.5 Å². The summed E-state index contributed by atoms with van der Waals surface area (Å²) in [5.74, 6) is -0.286. The molecule has 0 aliphatic carbocycles. The number of rotatable bonds is 5. The van der Waals surface area contributed by atoms with Crippen molar-refractivity contribution in [1.82, 2.24) is 14.5 Å². The number of aromatic nitrogens is 2. The smallest absolute Gasteiger partial charge is 0.273 e. The molecule has 1 amide bonds. The van der Waals surface area contributed by atoms with E-state index in [0.29, 0.717) is 23.5 Å². The summed E-state index contributed by atoms with van der Waals surface area (Å²) >= 11 is 0. The maximum absolute atomic E-state index is 13.0. The number of benzene rings is 2. The van der Waals surface area contributed by atoms with Gasteiger partial charge in [-0.3, -0.25) is 9.89 Å². The Morgan fingerprint density at radius 3 is 2.58 bits per heavy atom. The van der Waals surface area contributed by atoms with Gasteiger partial charge in [0, 0.05) is 23.8 Å². The Morgan fingerprint density at radius 2 is 1.88 bits per heavy atom. The van der Waals surface area contributed by atoms with Crippen molar-refractivity contribution in [3.8, 4) is 17.0 Å². The van der Waals surface area contributed by atoms with Crippen molar-refractivity contribution in [2.24, 2.45) is 0 Å². The van der Waals surface area contributed by atoms with Gasteiger partial charge in [0.2, 0.25) is 10.0 Å². The Kier molecular flexibility index (Phi) is 6.27. The number of sulfonamides is 1. The molecule has 2 aromatic carbocycles. The number of carbonyl (C=O) groups excluding carboxylic acids is 1. The fraction of sp³-hybridized carbons (Fsp3) is 0.333. The number of phenols is 1. The van der Waals surface area contributed by atoms with E-state index in [0.717, 1.165) is 30.4 Å². The van der Waals surface area contributed by atoms with E-state index in [2.05, 4.69) is 15.5 Å². The first-order valence-electron chi connectivity index (χ1n) is 11.0. The average molecular weight is 469 g/mol. The zero-order valence-corrected chi connectivity index (χ0v) is 19.7.